The zero-order valence-electron chi connectivity index (χ0n) is 12.6. The minimum absolute atomic E-state index is 0.0428. The molecule has 118 valence electrons. The summed E-state index contributed by atoms with van der Waals surface area (Å²) < 4.78 is 54.8. The molecule has 1 aliphatic rings. The maximum atomic E-state index is 14.0. The van der Waals surface area contributed by atoms with Crippen LogP contribution in [0, 0.1) is 28.7 Å². The fourth-order valence-corrected chi connectivity index (χ4v) is 2.57. The number of anilines is 1. The Morgan fingerprint density at radius 1 is 1.10 bits per heavy atom. The van der Waals surface area contributed by atoms with Gasteiger partial charge >= 0.3 is 0 Å². The van der Waals surface area contributed by atoms with Gasteiger partial charge in [0.2, 0.25) is 0 Å². The molecule has 0 bridgehead atoms. The highest BCUT2D eigenvalue weighted by Gasteiger charge is 2.36. The third kappa shape index (κ3) is 3.00. The first kappa shape index (κ1) is 16.1. The van der Waals surface area contributed by atoms with Crippen molar-refractivity contribution >= 4 is 5.69 Å². The summed E-state index contributed by atoms with van der Waals surface area (Å²) in [6.07, 6.45) is 0. The van der Waals surface area contributed by atoms with Crippen LogP contribution in [-0.2, 0) is 0 Å². The quantitative estimate of drug-likeness (QED) is 0.631. The molecule has 1 fully saturated rings. The normalized spacial score (nSPS) is 23.5. The first-order chi connectivity index (χ1) is 9.62. The van der Waals surface area contributed by atoms with Crippen LogP contribution in [0.15, 0.2) is 6.07 Å². The smallest absolute Gasteiger partial charge is 0.185 e. The third-order valence-corrected chi connectivity index (χ3v) is 3.99. The second kappa shape index (κ2) is 5.48. The van der Waals surface area contributed by atoms with Gasteiger partial charge in [0.25, 0.3) is 0 Å². The minimum Gasteiger partial charge on any atom is -0.361 e. The van der Waals surface area contributed by atoms with Gasteiger partial charge in [0, 0.05) is 31.2 Å². The molecule has 21 heavy (non-hydrogen) atoms. The average Bonchev–Trinajstić information content (AvgIpc) is 2.37. The number of rotatable bonds is 1. The van der Waals surface area contributed by atoms with E-state index < -0.39 is 29.0 Å². The van der Waals surface area contributed by atoms with Gasteiger partial charge in [-0.3, -0.25) is 0 Å². The lowest BCUT2D eigenvalue weighted by Crippen LogP contribution is -2.60. The molecule has 6 heteroatoms. The monoisotopic (exact) mass is 304 g/mol. The van der Waals surface area contributed by atoms with E-state index in [4.69, 9.17) is 0 Å². The number of halogens is 4. The van der Waals surface area contributed by atoms with E-state index in [0.29, 0.717) is 6.54 Å². The van der Waals surface area contributed by atoms with E-state index >= 15 is 0 Å². The first-order valence-electron chi connectivity index (χ1n) is 6.96. The molecule has 2 nitrogen and oxygen atoms in total. The summed E-state index contributed by atoms with van der Waals surface area (Å²) in [7, 11) is 0. The maximum absolute atomic E-state index is 14.0. The van der Waals surface area contributed by atoms with Gasteiger partial charge in [0.1, 0.15) is 5.69 Å². The Kier molecular flexibility index (Phi) is 4.19. The predicted octanol–water partition coefficient (Wildman–Crippen LogP) is 3.46. The van der Waals surface area contributed by atoms with Crippen molar-refractivity contribution in [1.82, 2.24) is 5.32 Å². The molecule has 2 unspecified atom stereocenters. The number of piperazine rings is 1. The zero-order chi connectivity index (χ0) is 15.9. The first-order valence-corrected chi connectivity index (χ1v) is 6.96. The van der Waals surface area contributed by atoms with Crippen LogP contribution >= 0.6 is 0 Å². The Morgan fingerprint density at radius 2 is 1.62 bits per heavy atom. The van der Waals surface area contributed by atoms with Crippen LogP contribution in [0.5, 0.6) is 0 Å². The molecule has 0 saturated carbocycles. The highest BCUT2D eigenvalue weighted by Crippen LogP contribution is 2.32. The topological polar surface area (TPSA) is 15.3 Å². The van der Waals surface area contributed by atoms with E-state index in [1.54, 1.807) is 6.92 Å². The van der Waals surface area contributed by atoms with E-state index in [2.05, 4.69) is 5.32 Å². The average molecular weight is 304 g/mol. The van der Waals surface area contributed by atoms with Crippen LogP contribution in [0.1, 0.15) is 27.7 Å². The Labute approximate surface area is 122 Å². The van der Waals surface area contributed by atoms with Crippen molar-refractivity contribution in [1.29, 1.82) is 0 Å². The molecule has 1 heterocycles. The van der Waals surface area contributed by atoms with Gasteiger partial charge in [-0.15, -0.1) is 0 Å². The van der Waals surface area contributed by atoms with Gasteiger partial charge in [0.05, 0.1) is 0 Å². The van der Waals surface area contributed by atoms with E-state index in [1.165, 1.54) is 4.90 Å². The second-order valence-corrected chi connectivity index (χ2v) is 6.65. The van der Waals surface area contributed by atoms with Crippen molar-refractivity contribution in [2.24, 2.45) is 5.41 Å². The lowest BCUT2D eigenvalue weighted by molar-refractivity contribution is 0.236. The summed E-state index contributed by atoms with van der Waals surface area (Å²) in [5.41, 5.74) is -0.757. The number of benzene rings is 1. The van der Waals surface area contributed by atoms with Crippen molar-refractivity contribution in [3.8, 4) is 0 Å². The van der Waals surface area contributed by atoms with Gasteiger partial charge in [0.15, 0.2) is 23.3 Å². The summed E-state index contributed by atoms with van der Waals surface area (Å²) in [5, 5.41) is 3.30. The van der Waals surface area contributed by atoms with Gasteiger partial charge in [-0.1, -0.05) is 20.8 Å². The molecule has 0 aromatic heterocycles. The molecule has 0 aliphatic carbocycles. The molecule has 0 spiro atoms. The second-order valence-electron chi connectivity index (χ2n) is 6.65. The van der Waals surface area contributed by atoms with Gasteiger partial charge in [-0.2, -0.15) is 0 Å². The van der Waals surface area contributed by atoms with Crippen molar-refractivity contribution < 1.29 is 17.6 Å². The third-order valence-electron chi connectivity index (χ3n) is 3.99. The lowest BCUT2D eigenvalue weighted by atomic mass is 9.84. The fraction of sp³-hybridized carbons (Fsp3) is 0.600. The van der Waals surface area contributed by atoms with Crippen LogP contribution in [0.25, 0.3) is 0 Å². The van der Waals surface area contributed by atoms with Gasteiger partial charge < -0.3 is 10.2 Å². The zero-order valence-corrected chi connectivity index (χ0v) is 12.6. The maximum Gasteiger partial charge on any atom is 0.185 e. The van der Waals surface area contributed by atoms with Crippen molar-refractivity contribution in [3.63, 3.8) is 0 Å². The summed E-state index contributed by atoms with van der Waals surface area (Å²) >= 11 is 0. The number of hydrogen-bond donors (Lipinski definition) is 1. The molecule has 1 aromatic rings. The molecule has 0 radical (unpaired) electrons. The number of nitrogens with zero attached hydrogens (tertiary/aromatic N) is 1. The van der Waals surface area contributed by atoms with Crippen LogP contribution in [-0.4, -0.2) is 25.2 Å². The summed E-state index contributed by atoms with van der Waals surface area (Å²) in [5.74, 6) is -5.42. The highest BCUT2D eigenvalue weighted by atomic mass is 19.2. The molecule has 1 N–H and O–H groups in total. The molecule has 1 aliphatic heterocycles. The van der Waals surface area contributed by atoms with Crippen molar-refractivity contribution in [2.75, 3.05) is 18.0 Å². The highest BCUT2D eigenvalue weighted by molar-refractivity contribution is 5.52. The van der Waals surface area contributed by atoms with E-state index in [-0.39, 0.29) is 30.1 Å². The standard InChI is InChI=1S/C15H20F4N2/c1-8-6-20-11(15(2,3)4)7-21(8)14-12(18)9(16)5-10(17)13(14)19/h5,8,11,20H,6-7H2,1-4H3. The predicted molar refractivity (Wildman–Crippen MR) is 74.3 cm³/mol. The van der Waals surface area contributed by atoms with Crippen molar-refractivity contribution in [3.05, 3.63) is 29.3 Å². The Hall–Kier alpha value is -1.30. The SMILES string of the molecule is CC1CNC(C(C)(C)C)CN1c1c(F)c(F)cc(F)c1F. The van der Waals surface area contributed by atoms with Crippen molar-refractivity contribution in [2.45, 2.75) is 39.8 Å². The van der Waals surface area contributed by atoms with Crippen LogP contribution in [0.2, 0.25) is 0 Å². The molecular formula is C15H20F4N2. The summed E-state index contributed by atoms with van der Waals surface area (Å²) in [4.78, 5) is 1.41. The largest absolute Gasteiger partial charge is 0.361 e. The summed E-state index contributed by atoms with van der Waals surface area (Å²) in [6.45, 7) is 8.51. The van der Waals surface area contributed by atoms with Gasteiger partial charge in [-0.25, -0.2) is 17.6 Å². The number of nitrogens with one attached hydrogen (secondary N) is 1. The number of hydrogen-bond acceptors (Lipinski definition) is 2. The van der Waals surface area contributed by atoms with Crippen LogP contribution in [0.3, 0.4) is 0 Å². The molecule has 1 saturated heterocycles. The van der Waals surface area contributed by atoms with Crippen LogP contribution in [0.4, 0.5) is 23.2 Å². The fourth-order valence-electron chi connectivity index (χ4n) is 2.57. The molecule has 0 amide bonds. The van der Waals surface area contributed by atoms with Gasteiger partial charge in [-0.05, 0) is 12.3 Å². The molecule has 2 rings (SSSR count). The van der Waals surface area contributed by atoms with E-state index in [0.717, 1.165) is 0 Å². The lowest BCUT2D eigenvalue weighted by Gasteiger charge is -2.45. The molecule has 1 aromatic carbocycles. The molecular weight excluding hydrogens is 284 g/mol. The Balaban J connectivity index is 2.44. The van der Waals surface area contributed by atoms with Crippen LogP contribution < -0.4 is 10.2 Å². The minimum atomic E-state index is -1.37. The Morgan fingerprint density at radius 3 is 2.10 bits per heavy atom. The van der Waals surface area contributed by atoms with E-state index in [9.17, 15) is 17.6 Å². The summed E-state index contributed by atoms with van der Waals surface area (Å²) in [6, 6.07) is -0.0740. The van der Waals surface area contributed by atoms with E-state index in [1.807, 2.05) is 20.8 Å². The Bertz CT molecular complexity index is 513. The molecule has 2 atom stereocenters.